The van der Waals surface area contributed by atoms with Crippen molar-refractivity contribution < 1.29 is 14.7 Å². The number of benzene rings is 1. The largest absolute Gasteiger partial charge is 0.481 e. The number of carboxylic acid groups (broad SMARTS) is 1. The summed E-state index contributed by atoms with van der Waals surface area (Å²) in [4.78, 5) is 23.4. The number of carbonyl (C=O) groups is 2. The molecule has 1 spiro atoms. The first-order valence-electron chi connectivity index (χ1n) is 7.65. The molecule has 3 rings (SSSR count). The lowest BCUT2D eigenvalue weighted by Crippen LogP contribution is -2.18. The van der Waals surface area contributed by atoms with Gasteiger partial charge in [-0.1, -0.05) is 25.0 Å². The monoisotopic (exact) mass is 287 g/mol. The summed E-state index contributed by atoms with van der Waals surface area (Å²) in [6.07, 6.45) is 5.87. The fraction of sp³-hybridized carbons (Fsp3) is 0.529. The van der Waals surface area contributed by atoms with Gasteiger partial charge in [-0.15, -0.1) is 0 Å². The molecule has 2 N–H and O–H groups in total. The number of carboxylic acids is 1. The van der Waals surface area contributed by atoms with Crippen LogP contribution in [0.1, 0.15) is 50.5 Å². The third-order valence-corrected chi connectivity index (χ3v) is 5.13. The van der Waals surface area contributed by atoms with Gasteiger partial charge in [0.25, 0.3) is 0 Å². The highest BCUT2D eigenvalue weighted by Crippen LogP contribution is 2.63. The van der Waals surface area contributed by atoms with Crippen molar-refractivity contribution in [1.82, 2.24) is 0 Å². The highest BCUT2D eigenvalue weighted by Gasteiger charge is 2.58. The molecule has 2 unspecified atom stereocenters. The maximum absolute atomic E-state index is 12.3. The van der Waals surface area contributed by atoms with Crippen molar-refractivity contribution in [3.63, 3.8) is 0 Å². The molecule has 2 aliphatic rings. The Labute approximate surface area is 124 Å². The Morgan fingerprint density at radius 2 is 2.05 bits per heavy atom. The van der Waals surface area contributed by atoms with E-state index in [1.165, 1.54) is 25.7 Å². The molecule has 0 aliphatic heterocycles. The van der Waals surface area contributed by atoms with Crippen molar-refractivity contribution in [3.05, 3.63) is 29.8 Å². The van der Waals surface area contributed by atoms with Gasteiger partial charge in [-0.25, -0.2) is 0 Å². The van der Waals surface area contributed by atoms with Crippen molar-refractivity contribution in [2.75, 3.05) is 5.32 Å². The Kier molecular flexibility index (Phi) is 3.47. The molecule has 0 bridgehead atoms. The fourth-order valence-electron chi connectivity index (χ4n) is 3.61. The predicted octanol–water partition coefficient (Wildman–Crippen LogP) is 3.39. The molecular formula is C17H21NO3. The Morgan fingerprint density at radius 3 is 2.71 bits per heavy atom. The van der Waals surface area contributed by atoms with E-state index < -0.39 is 11.9 Å². The maximum Gasteiger partial charge on any atom is 0.310 e. The highest BCUT2D eigenvalue weighted by molar-refractivity contribution is 5.95. The van der Waals surface area contributed by atoms with Gasteiger partial charge in [0.15, 0.2) is 0 Å². The lowest BCUT2D eigenvalue weighted by atomic mass is 10.0. The van der Waals surface area contributed by atoms with Gasteiger partial charge in [-0.05, 0) is 49.3 Å². The number of rotatable bonds is 4. The second kappa shape index (κ2) is 5.17. The summed E-state index contributed by atoms with van der Waals surface area (Å²) in [5.41, 5.74) is 1.70. The molecule has 2 aliphatic carbocycles. The van der Waals surface area contributed by atoms with E-state index in [2.05, 4.69) is 5.32 Å². The van der Waals surface area contributed by atoms with Crippen LogP contribution in [-0.4, -0.2) is 17.0 Å². The van der Waals surface area contributed by atoms with Gasteiger partial charge in [0.05, 0.1) is 5.92 Å². The molecule has 4 nitrogen and oxygen atoms in total. The maximum atomic E-state index is 12.3. The summed E-state index contributed by atoms with van der Waals surface area (Å²) in [5.74, 6) is -1.17. The molecule has 2 saturated carbocycles. The molecule has 2 atom stereocenters. The molecule has 2 fully saturated rings. The van der Waals surface area contributed by atoms with Crippen LogP contribution < -0.4 is 5.32 Å². The van der Waals surface area contributed by atoms with E-state index >= 15 is 0 Å². The number of amides is 1. The Balaban J connectivity index is 1.67. The number of anilines is 1. The summed E-state index contributed by atoms with van der Waals surface area (Å²) in [6, 6.07) is 7.16. The third-order valence-electron chi connectivity index (χ3n) is 5.13. The Hall–Kier alpha value is -1.84. The summed E-state index contributed by atoms with van der Waals surface area (Å²) in [7, 11) is 0. The molecular weight excluding hydrogens is 266 g/mol. The smallest absolute Gasteiger partial charge is 0.310 e. The zero-order chi connectivity index (χ0) is 15.0. The molecule has 4 heteroatoms. The van der Waals surface area contributed by atoms with Gasteiger partial charge < -0.3 is 10.4 Å². The van der Waals surface area contributed by atoms with Crippen LogP contribution in [0.3, 0.4) is 0 Å². The number of hydrogen-bond donors (Lipinski definition) is 2. The van der Waals surface area contributed by atoms with Crippen molar-refractivity contribution in [2.24, 2.45) is 11.3 Å². The lowest BCUT2D eigenvalue weighted by molar-refractivity contribution is -0.138. The molecule has 112 valence electrons. The number of nitrogens with one attached hydrogen (secondary N) is 1. The zero-order valence-electron chi connectivity index (χ0n) is 12.3. The Morgan fingerprint density at radius 1 is 1.33 bits per heavy atom. The van der Waals surface area contributed by atoms with Crippen LogP contribution in [0.2, 0.25) is 0 Å². The number of hydrogen-bond acceptors (Lipinski definition) is 2. The van der Waals surface area contributed by atoms with E-state index in [9.17, 15) is 9.59 Å². The minimum absolute atomic E-state index is 0.0945. The molecule has 1 amide bonds. The molecule has 0 radical (unpaired) electrons. The van der Waals surface area contributed by atoms with E-state index in [0.29, 0.717) is 11.3 Å². The first-order chi connectivity index (χ1) is 10.0. The van der Waals surface area contributed by atoms with Crippen LogP contribution >= 0.6 is 0 Å². The topological polar surface area (TPSA) is 66.4 Å². The van der Waals surface area contributed by atoms with Crippen LogP contribution in [-0.2, 0) is 9.59 Å². The van der Waals surface area contributed by atoms with Crippen molar-refractivity contribution >= 4 is 17.6 Å². The van der Waals surface area contributed by atoms with E-state index in [1.807, 2.05) is 6.07 Å². The van der Waals surface area contributed by atoms with Crippen molar-refractivity contribution in [2.45, 2.75) is 44.9 Å². The lowest BCUT2D eigenvalue weighted by Gasteiger charge is -2.11. The SMILES string of the molecule is CC(C(=O)O)c1cccc(NC(=O)C2CC23CCCC3)c1. The van der Waals surface area contributed by atoms with E-state index in [4.69, 9.17) is 5.11 Å². The normalized spacial score (nSPS) is 23.8. The van der Waals surface area contributed by atoms with Gasteiger partial charge in [0.2, 0.25) is 5.91 Å². The van der Waals surface area contributed by atoms with E-state index in [0.717, 1.165) is 6.42 Å². The molecule has 1 aromatic rings. The fourth-order valence-corrected chi connectivity index (χ4v) is 3.61. The zero-order valence-corrected chi connectivity index (χ0v) is 12.3. The second-order valence-corrected chi connectivity index (χ2v) is 6.50. The van der Waals surface area contributed by atoms with Gasteiger partial charge in [0.1, 0.15) is 0 Å². The van der Waals surface area contributed by atoms with Gasteiger partial charge >= 0.3 is 5.97 Å². The molecule has 0 heterocycles. The molecule has 0 aromatic heterocycles. The quantitative estimate of drug-likeness (QED) is 0.892. The first-order valence-corrected chi connectivity index (χ1v) is 7.65. The standard InChI is InChI=1S/C17H21NO3/c1-11(16(20)21)12-5-4-6-13(9-12)18-15(19)14-10-17(14)7-2-3-8-17/h4-6,9,11,14H,2-3,7-8,10H2,1H3,(H,18,19)(H,20,21). The summed E-state index contributed by atoms with van der Waals surface area (Å²) >= 11 is 0. The summed E-state index contributed by atoms with van der Waals surface area (Å²) in [6.45, 7) is 1.65. The van der Waals surface area contributed by atoms with Crippen LogP contribution in [0.15, 0.2) is 24.3 Å². The summed E-state index contributed by atoms with van der Waals surface area (Å²) < 4.78 is 0. The third kappa shape index (κ3) is 2.67. The molecule has 1 aromatic carbocycles. The molecule has 0 saturated heterocycles. The number of aliphatic carboxylic acids is 1. The Bertz CT molecular complexity index is 575. The molecule has 21 heavy (non-hydrogen) atoms. The summed E-state index contributed by atoms with van der Waals surface area (Å²) in [5, 5.41) is 12.0. The average molecular weight is 287 g/mol. The van der Waals surface area contributed by atoms with Crippen LogP contribution in [0.25, 0.3) is 0 Å². The average Bonchev–Trinajstić information content (AvgIpc) is 2.96. The number of carbonyl (C=O) groups excluding carboxylic acids is 1. The van der Waals surface area contributed by atoms with E-state index in [-0.39, 0.29) is 17.2 Å². The van der Waals surface area contributed by atoms with Gasteiger partial charge in [0, 0.05) is 11.6 Å². The minimum atomic E-state index is -0.856. The van der Waals surface area contributed by atoms with Gasteiger partial charge in [-0.2, -0.15) is 0 Å². The first kappa shape index (κ1) is 14.1. The van der Waals surface area contributed by atoms with Crippen molar-refractivity contribution in [1.29, 1.82) is 0 Å². The minimum Gasteiger partial charge on any atom is -0.481 e. The van der Waals surface area contributed by atoms with Crippen LogP contribution in [0.4, 0.5) is 5.69 Å². The second-order valence-electron chi connectivity index (χ2n) is 6.50. The van der Waals surface area contributed by atoms with E-state index in [1.54, 1.807) is 25.1 Å². The predicted molar refractivity (Wildman–Crippen MR) is 80.1 cm³/mol. The van der Waals surface area contributed by atoms with Crippen LogP contribution in [0, 0.1) is 11.3 Å². The van der Waals surface area contributed by atoms with Crippen LogP contribution in [0.5, 0.6) is 0 Å². The van der Waals surface area contributed by atoms with Gasteiger partial charge in [-0.3, -0.25) is 9.59 Å². The van der Waals surface area contributed by atoms with Crippen molar-refractivity contribution in [3.8, 4) is 0 Å². The highest BCUT2D eigenvalue weighted by atomic mass is 16.4.